The van der Waals surface area contributed by atoms with Crippen LogP contribution in [0.1, 0.15) is 36.3 Å². The number of aliphatic hydroxyl groups is 1. The molecule has 0 bridgehead atoms. The van der Waals surface area contributed by atoms with Crippen LogP contribution in [0.25, 0.3) is 5.76 Å². The van der Waals surface area contributed by atoms with Crippen LogP contribution in [0.3, 0.4) is 0 Å². The molecule has 0 unspecified atom stereocenters. The van der Waals surface area contributed by atoms with Gasteiger partial charge in [-0.1, -0.05) is 24.3 Å². The molecule has 2 heterocycles. The number of methoxy groups -OCH3 is 1. The minimum atomic E-state index is -0.633. The summed E-state index contributed by atoms with van der Waals surface area (Å²) >= 11 is 0. The molecule has 37 heavy (non-hydrogen) atoms. The quantitative estimate of drug-likeness (QED) is 0.434. The van der Waals surface area contributed by atoms with Gasteiger partial charge in [-0.3, -0.25) is 15.1 Å². The summed E-state index contributed by atoms with van der Waals surface area (Å²) in [6.07, 6.45) is 1.80. The Kier molecular flexibility index (Phi) is 5.68. The summed E-state index contributed by atoms with van der Waals surface area (Å²) in [6.45, 7) is 0.133. The second-order valence-corrected chi connectivity index (χ2v) is 9.19. The number of fused-ring (bicyclic) bond motifs is 1. The lowest BCUT2D eigenvalue weighted by molar-refractivity contribution is -0.116. The van der Waals surface area contributed by atoms with Gasteiger partial charge in [0.25, 0.3) is 0 Å². The van der Waals surface area contributed by atoms with E-state index in [1.54, 1.807) is 31.4 Å². The highest BCUT2D eigenvalue weighted by molar-refractivity contribution is 6.19. The highest BCUT2D eigenvalue weighted by Crippen LogP contribution is 2.49. The average molecular weight is 495 g/mol. The fourth-order valence-electron chi connectivity index (χ4n) is 5.38. The molecule has 2 N–H and O–H groups in total. The van der Waals surface area contributed by atoms with E-state index in [9.17, 15) is 15.3 Å². The Morgan fingerprint density at radius 2 is 1.76 bits per heavy atom. The van der Waals surface area contributed by atoms with Gasteiger partial charge in [-0.25, -0.2) is 0 Å². The van der Waals surface area contributed by atoms with Gasteiger partial charge in [0.05, 0.1) is 7.11 Å². The Morgan fingerprint density at radius 3 is 2.51 bits per heavy atom. The smallest absolute Gasteiger partial charge is 0.231 e. The summed E-state index contributed by atoms with van der Waals surface area (Å²) in [5.41, 5.74) is 3.85. The predicted octanol–water partition coefficient (Wildman–Crippen LogP) is 5.98. The zero-order chi connectivity index (χ0) is 25.5. The molecular formula is C30H26N2O5. The van der Waals surface area contributed by atoms with Gasteiger partial charge in [-0.2, -0.15) is 0 Å². The molecule has 1 atom stereocenters. The van der Waals surface area contributed by atoms with Crippen molar-refractivity contribution in [3.63, 3.8) is 0 Å². The molecule has 3 aromatic carbocycles. The maximum Gasteiger partial charge on any atom is 0.231 e. The van der Waals surface area contributed by atoms with E-state index < -0.39 is 5.92 Å². The van der Waals surface area contributed by atoms with E-state index in [0.29, 0.717) is 53.2 Å². The van der Waals surface area contributed by atoms with Gasteiger partial charge in [0, 0.05) is 40.4 Å². The second kappa shape index (κ2) is 9.17. The summed E-state index contributed by atoms with van der Waals surface area (Å²) in [5.74, 6) is 1.35. The Bertz CT molecular complexity index is 1460. The Labute approximate surface area is 214 Å². The number of aliphatic hydroxyl groups excluding tert-OH is 1. The van der Waals surface area contributed by atoms with Crippen molar-refractivity contribution in [2.75, 3.05) is 18.8 Å². The van der Waals surface area contributed by atoms with Gasteiger partial charge in [0.1, 0.15) is 17.3 Å². The number of para-hydroxylation sites is 1. The van der Waals surface area contributed by atoms with Crippen molar-refractivity contribution in [1.82, 2.24) is 0 Å². The number of ketones is 1. The molecule has 7 heteroatoms. The first-order valence-corrected chi connectivity index (χ1v) is 12.2. The number of allylic oxidation sites excluding steroid dienone is 2. The van der Waals surface area contributed by atoms with Crippen molar-refractivity contribution in [2.24, 2.45) is 0 Å². The van der Waals surface area contributed by atoms with Gasteiger partial charge < -0.3 is 19.3 Å². The van der Waals surface area contributed by atoms with Crippen LogP contribution in [0, 0.1) is 5.41 Å². The monoisotopic (exact) mass is 494 g/mol. The molecule has 6 rings (SSSR count). The molecule has 0 radical (unpaired) electrons. The van der Waals surface area contributed by atoms with Crippen LogP contribution >= 0.6 is 0 Å². The fourth-order valence-corrected chi connectivity index (χ4v) is 5.38. The number of carbonyl (C=O) groups is 1. The van der Waals surface area contributed by atoms with Crippen LogP contribution < -0.4 is 19.1 Å². The van der Waals surface area contributed by atoms with E-state index in [0.717, 1.165) is 16.9 Å². The first-order valence-electron chi connectivity index (χ1n) is 12.2. The topological polar surface area (TPSA) is 92.1 Å². The molecule has 3 aliphatic rings. The van der Waals surface area contributed by atoms with Gasteiger partial charge in [-0.05, 0) is 66.9 Å². The van der Waals surface area contributed by atoms with E-state index in [2.05, 4.69) is 0 Å². The first kappa shape index (κ1) is 22.9. The van der Waals surface area contributed by atoms with Crippen LogP contribution in [-0.4, -0.2) is 30.6 Å². The number of Topliss-reactive ketones (excluding diaryl/α,β-unsaturated/α-hetero) is 1. The zero-order valence-corrected chi connectivity index (χ0v) is 20.4. The van der Waals surface area contributed by atoms with Crippen molar-refractivity contribution >= 4 is 23.1 Å². The summed E-state index contributed by atoms with van der Waals surface area (Å²) in [6, 6.07) is 22.2. The normalized spacial score (nSPS) is 20.1. The van der Waals surface area contributed by atoms with Crippen LogP contribution in [0.5, 0.6) is 17.2 Å². The van der Waals surface area contributed by atoms with Crippen LogP contribution in [-0.2, 0) is 4.79 Å². The van der Waals surface area contributed by atoms with Crippen molar-refractivity contribution < 1.29 is 24.1 Å². The van der Waals surface area contributed by atoms with Gasteiger partial charge in [-0.15, -0.1) is 0 Å². The zero-order valence-electron chi connectivity index (χ0n) is 20.4. The maximum atomic E-state index is 13.6. The number of nitrogens with zero attached hydrogens (tertiary/aromatic N) is 1. The number of ether oxygens (including phenoxy) is 3. The minimum absolute atomic E-state index is 0.0254. The Balaban J connectivity index is 1.62. The number of benzene rings is 3. The summed E-state index contributed by atoms with van der Waals surface area (Å²) < 4.78 is 16.4. The van der Waals surface area contributed by atoms with E-state index >= 15 is 0 Å². The number of carbonyl (C=O) groups excluding carboxylic acids is 1. The molecule has 2 aliphatic heterocycles. The summed E-state index contributed by atoms with van der Waals surface area (Å²) in [4.78, 5) is 15.4. The van der Waals surface area contributed by atoms with Crippen LogP contribution in [0.4, 0.5) is 5.69 Å². The van der Waals surface area contributed by atoms with Crippen LogP contribution in [0.2, 0.25) is 0 Å². The SMILES string of the molecule is COc1ccc(C(O)=C2C(=N)N(c3ccccc3)C3=C(C(=O)CCC3)[C@@H]2c2ccc3c(c2)OCO3)cc1. The second-order valence-electron chi connectivity index (χ2n) is 9.19. The van der Waals surface area contributed by atoms with E-state index in [-0.39, 0.29) is 24.2 Å². The van der Waals surface area contributed by atoms with Crippen molar-refractivity contribution in [1.29, 1.82) is 5.41 Å². The molecule has 0 saturated carbocycles. The number of anilines is 1. The number of hydrogen-bond donors (Lipinski definition) is 2. The molecule has 3 aromatic rings. The van der Waals surface area contributed by atoms with Gasteiger partial charge >= 0.3 is 0 Å². The van der Waals surface area contributed by atoms with E-state index in [1.807, 2.05) is 53.4 Å². The molecule has 0 saturated heterocycles. The standard InChI is InChI=1S/C30H26N2O5/c1-35-21-13-10-18(11-14-21)29(34)28-26(19-12-15-24-25(16-19)37-17-36-24)27-22(8-5-9-23(27)33)32(30(28)31)20-6-3-2-4-7-20/h2-4,6-7,10-16,26,31,34H,5,8-9,17H2,1H3/t26-/m0/s1. The first-order chi connectivity index (χ1) is 18.1. The van der Waals surface area contributed by atoms with Gasteiger partial charge in [0.15, 0.2) is 17.3 Å². The maximum absolute atomic E-state index is 13.6. The van der Waals surface area contributed by atoms with Crippen LogP contribution in [0.15, 0.2) is 89.6 Å². The molecular weight excluding hydrogens is 468 g/mol. The molecule has 0 fully saturated rings. The van der Waals surface area contributed by atoms with Crippen molar-refractivity contribution in [3.8, 4) is 17.2 Å². The van der Waals surface area contributed by atoms with E-state index in [1.165, 1.54) is 0 Å². The van der Waals surface area contributed by atoms with Gasteiger partial charge in [0.2, 0.25) is 6.79 Å². The third-order valence-electron chi connectivity index (χ3n) is 7.12. The number of rotatable bonds is 4. The highest BCUT2D eigenvalue weighted by atomic mass is 16.7. The molecule has 0 spiro atoms. The molecule has 186 valence electrons. The minimum Gasteiger partial charge on any atom is -0.507 e. The largest absolute Gasteiger partial charge is 0.507 e. The molecule has 1 aliphatic carbocycles. The summed E-state index contributed by atoms with van der Waals surface area (Å²) in [5, 5.41) is 21.1. The fraction of sp³-hybridized carbons (Fsp3) is 0.200. The Morgan fingerprint density at radius 1 is 1.00 bits per heavy atom. The Hall–Kier alpha value is -4.52. The van der Waals surface area contributed by atoms with Crippen molar-refractivity contribution in [3.05, 3.63) is 101 Å². The number of amidine groups is 1. The lowest BCUT2D eigenvalue weighted by Gasteiger charge is -2.41. The summed E-state index contributed by atoms with van der Waals surface area (Å²) in [7, 11) is 1.58. The highest BCUT2D eigenvalue weighted by Gasteiger charge is 2.43. The third kappa shape index (κ3) is 3.83. The van der Waals surface area contributed by atoms with E-state index in [4.69, 9.17) is 14.2 Å². The lowest BCUT2D eigenvalue weighted by Crippen LogP contribution is -2.42. The third-order valence-corrected chi connectivity index (χ3v) is 7.12. The molecule has 0 amide bonds. The lowest BCUT2D eigenvalue weighted by atomic mass is 9.73. The molecule has 7 nitrogen and oxygen atoms in total. The number of hydrogen-bond acceptors (Lipinski definition) is 6. The molecule has 0 aromatic heterocycles. The number of nitrogens with one attached hydrogen (secondary N) is 1. The predicted molar refractivity (Wildman–Crippen MR) is 140 cm³/mol. The average Bonchev–Trinajstić information content (AvgIpc) is 3.41. The van der Waals surface area contributed by atoms with Crippen molar-refractivity contribution in [2.45, 2.75) is 25.2 Å².